The SMILES string of the molecule is CCCCC[C@]1(C(=O)OCC)C[C@@H](CSC(=N)N)OC1=O. The van der Waals surface area contributed by atoms with Gasteiger partial charge in [0.1, 0.15) is 6.10 Å². The van der Waals surface area contributed by atoms with Gasteiger partial charge in [0.25, 0.3) is 0 Å². The largest absolute Gasteiger partial charge is 0.465 e. The molecule has 0 unspecified atom stereocenters. The van der Waals surface area contributed by atoms with Crippen LogP contribution in [0.1, 0.15) is 46.0 Å². The topological polar surface area (TPSA) is 102 Å². The molecule has 0 saturated carbocycles. The van der Waals surface area contributed by atoms with Crippen molar-refractivity contribution in [2.75, 3.05) is 12.4 Å². The molecular weight excluding hydrogens is 292 g/mol. The van der Waals surface area contributed by atoms with Crippen molar-refractivity contribution >= 4 is 28.9 Å². The van der Waals surface area contributed by atoms with Crippen LogP contribution in [-0.4, -0.2) is 35.6 Å². The zero-order valence-corrected chi connectivity index (χ0v) is 13.5. The van der Waals surface area contributed by atoms with E-state index in [-0.39, 0.29) is 11.8 Å². The number of nitrogens with two attached hydrogens (primary N) is 1. The summed E-state index contributed by atoms with van der Waals surface area (Å²) in [4.78, 5) is 24.5. The summed E-state index contributed by atoms with van der Waals surface area (Å²) in [6, 6.07) is 0. The monoisotopic (exact) mass is 316 g/mol. The number of nitrogens with one attached hydrogen (secondary N) is 1. The van der Waals surface area contributed by atoms with Crippen LogP contribution in [0.4, 0.5) is 0 Å². The van der Waals surface area contributed by atoms with Gasteiger partial charge in [0, 0.05) is 12.2 Å². The Labute approximate surface area is 129 Å². The van der Waals surface area contributed by atoms with E-state index in [0.717, 1.165) is 31.0 Å². The molecule has 1 saturated heterocycles. The Morgan fingerprint density at radius 1 is 1.52 bits per heavy atom. The fourth-order valence-electron chi connectivity index (χ4n) is 2.47. The average Bonchev–Trinajstić information content (AvgIpc) is 2.75. The van der Waals surface area contributed by atoms with E-state index in [4.69, 9.17) is 20.6 Å². The number of esters is 2. The van der Waals surface area contributed by atoms with Crippen LogP contribution in [0.25, 0.3) is 0 Å². The summed E-state index contributed by atoms with van der Waals surface area (Å²) in [5.41, 5.74) is 4.12. The second-order valence-electron chi connectivity index (χ2n) is 5.17. The Bertz CT molecular complexity index is 402. The second kappa shape index (κ2) is 8.26. The molecule has 0 amide bonds. The van der Waals surface area contributed by atoms with Crippen molar-refractivity contribution in [3.63, 3.8) is 0 Å². The number of cyclic esters (lactones) is 1. The first-order chi connectivity index (χ1) is 9.96. The maximum absolute atomic E-state index is 12.3. The van der Waals surface area contributed by atoms with E-state index in [0.29, 0.717) is 18.6 Å². The zero-order valence-electron chi connectivity index (χ0n) is 12.6. The number of amidine groups is 1. The van der Waals surface area contributed by atoms with E-state index in [1.54, 1.807) is 6.92 Å². The van der Waals surface area contributed by atoms with Crippen LogP contribution in [0.3, 0.4) is 0 Å². The van der Waals surface area contributed by atoms with E-state index < -0.39 is 23.5 Å². The van der Waals surface area contributed by atoms with Crippen LogP contribution in [0, 0.1) is 10.8 Å². The van der Waals surface area contributed by atoms with Crippen molar-refractivity contribution in [3.05, 3.63) is 0 Å². The molecule has 120 valence electrons. The first kappa shape index (κ1) is 17.8. The lowest BCUT2D eigenvalue weighted by atomic mass is 9.80. The third-order valence-electron chi connectivity index (χ3n) is 3.54. The number of unbranched alkanes of at least 4 members (excludes halogenated alkanes) is 2. The van der Waals surface area contributed by atoms with Crippen LogP contribution in [0.5, 0.6) is 0 Å². The van der Waals surface area contributed by atoms with Crippen molar-refractivity contribution in [1.82, 2.24) is 0 Å². The fourth-order valence-corrected chi connectivity index (χ4v) is 3.02. The van der Waals surface area contributed by atoms with Crippen molar-refractivity contribution in [3.8, 4) is 0 Å². The van der Waals surface area contributed by atoms with Crippen molar-refractivity contribution < 1.29 is 19.1 Å². The Morgan fingerprint density at radius 2 is 2.24 bits per heavy atom. The maximum Gasteiger partial charge on any atom is 0.323 e. The predicted molar refractivity (Wildman–Crippen MR) is 82.1 cm³/mol. The standard InChI is InChI=1S/C14H24N2O4S/c1-3-5-6-7-14(11(17)19-4-2)8-10(20-12(14)18)9-21-13(15)16/h10H,3-9H2,1-2H3,(H3,15,16)/t10-,14+/m0/s1. The highest BCUT2D eigenvalue weighted by molar-refractivity contribution is 8.13. The molecule has 0 aromatic rings. The minimum Gasteiger partial charge on any atom is -0.465 e. The highest BCUT2D eigenvalue weighted by Crippen LogP contribution is 2.41. The molecule has 0 radical (unpaired) electrons. The summed E-state index contributed by atoms with van der Waals surface area (Å²) in [7, 11) is 0. The molecule has 0 bridgehead atoms. The van der Waals surface area contributed by atoms with Gasteiger partial charge >= 0.3 is 11.9 Å². The minimum atomic E-state index is -1.17. The molecule has 0 aromatic heterocycles. The lowest BCUT2D eigenvalue weighted by Crippen LogP contribution is -2.37. The third kappa shape index (κ3) is 4.62. The second-order valence-corrected chi connectivity index (χ2v) is 6.23. The number of ether oxygens (including phenoxy) is 2. The van der Waals surface area contributed by atoms with Gasteiger partial charge in [-0.2, -0.15) is 0 Å². The summed E-state index contributed by atoms with van der Waals surface area (Å²) in [5.74, 6) is -0.580. The van der Waals surface area contributed by atoms with Gasteiger partial charge in [0.15, 0.2) is 10.6 Å². The number of hydrogen-bond acceptors (Lipinski definition) is 6. The van der Waals surface area contributed by atoms with E-state index in [9.17, 15) is 9.59 Å². The van der Waals surface area contributed by atoms with Gasteiger partial charge in [-0.1, -0.05) is 37.9 Å². The lowest BCUT2D eigenvalue weighted by Gasteiger charge is -2.22. The molecule has 2 atom stereocenters. The molecule has 0 spiro atoms. The van der Waals surface area contributed by atoms with Crippen molar-refractivity contribution in [2.24, 2.45) is 11.1 Å². The van der Waals surface area contributed by atoms with Crippen molar-refractivity contribution in [2.45, 2.75) is 52.1 Å². The van der Waals surface area contributed by atoms with Crippen LogP contribution in [0.15, 0.2) is 0 Å². The van der Waals surface area contributed by atoms with Crippen LogP contribution >= 0.6 is 11.8 Å². The molecule has 0 aromatic carbocycles. The molecule has 7 heteroatoms. The van der Waals surface area contributed by atoms with E-state index in [1.165, 1.54) is 0 Å². The van der Waals surface area contributed by atoms with Crippen molar-refractivity contribution in [1.29, 1.82) is 5.41 Å². The molecule has 21 heavy (non-hydrogen) atoms. The highest BCUT2D eigenvalue weighted by Gasteiger charge is 2.55. The number of rotatable bonds is 8. The van der Waals surface area contributed by atoms with E-state index in [2.05, 4.69) is 6.92 Å². The third-order valence-corrected chi connectivity index (χ3v) is 4.39. The quantitative estimate of drug-likeness (QED) is 0.234. The molecule has 1 rings (SSSR count). The van der Waals surface area contributed by atoms with Crippen LogP contribution < -0.4 is 5.73 Å². The smallest absolute Gasteiger partial charge is 0.323 e. The van der Waals surface area contributed by atoms with Gasteiger partial charge in [-0.3, -0.25) is 15.0 Å². The molecule has 1 fully saturated rings. The molecule has 3 N–H and O–H groups in total. The number of hydrogen-bond donors (Lipinski definition) is 2. The summed E-state index contributed by atoms with van der Waals surface area (Å²) >= 11 is 1.12. The molecule has 1 aliphatic heterocycles. The fraction of sp³-hybridized carbons (Fsp3) is 0.786. The van der Waals surface area contributed by atoms with Crippen LogP contribution in [-0.2, 0) is 19.1 Å². The Hall–Kier alpha value is -1.24. The summed E-state index contributed by atoms with van der Waals surface area (Å²) in [5, 5.41) is 7.18. The summed E-state index contributed by atoms with van der Waals surface area (Å²) in [6.07, 6.45) is 3.14. The lowest BCUT2D eigenvalue weighted by molar-refractivity contribution is -0.165. The predicted octanol–water partition coefficient (Wildman–Crippen LogP) is 2.06. The summed E-state index contributed by atoms with van der Waals surface area (Å²) < 4.78 is 10.4. The van der Waals surface area contributed by atoms with Crippen LogP contribution in [0.2, 0.25) is 0 Å². The molecular formula is C14H24N2O4S. The molecule has 1 aliphatic rings. The molecule has 6 nitrogen and oxygen atoms in total. The zero-order chi connectivity index (χ0) is 15.9. The normalized spacial score (nSPS) is 24.7. The van der Waals surface area contributed by atoms with Gasteiger partial charge < -0.3 is 15.2 Å². The number of carbonyl (C=O) groups excluding carboxylic acids is 2. The van der Waals surface area contributed by atoms with Gasteiger partial charge in [-0.25, -0.2) is 0 Å². The number of thioether (sulfide) groups is 1. The minimum absolute atomic E-state index is 0.0225. The number of carbonyl (C=O) groups is 2. The maximum atomic E-state index is 12.3. The van der Waals surface area contributed by atoms with Gasteiger partial charge in [-0.15, -0.1) is 0 Å². The Morgan fingerprint density at radius 3 is 2.81 bits per heavy atom. The van der Waals surface area contributed by atoms with E-state index >= 15 is 0 Å². The molecule has 0 aliphatic carbocycles. The average molecular weight is 316 g/mol. The van der Waals surface area contributed by atoms with Gasteiger partial charge in [0.05, 0.1) is 6.61 Å². The highest BCUT2D eigenvalue weighted by atomic mass is 32.2. The Kier molecular flexibility index (Phi) is 7.01. The molecule has 1 heterocycles. The summed E-state index contributed by atoms with van der Waals surface area (Å²) in [6.45, 7) is 4.03. The van der Waals surface area contributed by atoms with Gasteiger partial charge in [0.2, 0.25) is 0 Å². The first-order valence-corrected chi connectivity index (χ1v) is 8.30. The first-order valence-electron chi connectivity index (χ1n) is 7.31. The Balaban J connectivity index is 2.78. The van der Waals surface area contributed by atoms with E-state index in [1.807, 2.05) is 0 Å². The van der Waals surface area contributed by atoms with Gasteiger partial charge in [-0.05, 0) is 13.3 Å².